The highest BCUT2D eigenvalue weighted by molar-refractivity contribution is 5.99. The average Bonchev–Trinajstić information content (AvgIpc) is 2.75. The van der Waals surface area contributed by atoms with Crippen molar-refractivity contribution in [2.24, 2.45) is 5.73 Å². The van der Waals surface area contributed by atoms with Crippen LogP contribution in [0.25, 0.3) is 0 Å². The normalized spacial score (nSPS) is 11.1. The predicted octanol–water partition coefficient (Wildman–Crippen LogP) is 1.53. The Morgan fingerprint density at radius 1 is 1.13 bits per heavy atom. The van der Waals surface area contributed by atoms with Crippen LogP contribution < -0.4 is 27.0 Å². The smallest absolute Gasteiger partial charge is 0.246 e. The van der Waals surface area contributed by atoms with Gasteiger partial charge in [-0.05, 0) is 50.1 Å². The number of nitrogens with two attached hydrogens (primary N) is 1. The molecular formula is C20H25N7O3. The third-order valence-electron chi connectivity index (χ3n) is 4.03. The molecule has 6 N–H and O–H groups in total. The van der Waals surface area contributed by atoms with Gasteiger partial charge in [0.1, 0.15) is 6.04 Å². The van der Waals surface area contributed by atoms with Crippen LogP contribution in [0.2, 0.25) is 0 Å². The molecule has 10 nitrogen and oxygen atoms in total. The van der Waals surface area contributed by atoms with Crippen molar-refractivity contribution in [1.29, 1.82) is 0 Å². The summed E-state index contributed by atoms with van der Waals surface area (Å²) in [6.07, 6.45) is 6.53. The predicted molar refractivity (Wildman–Crippen MR) is 115 cm³/mol. The standard InChI is InChI=1S/C20H25N7O3/c1-2-18(29)27-17(8-3-4-9-21)19(30)25-14-6-5-7-15(10-14)26-20-22-11-16(12-23-20)24-13-28/h2,5-7,10-13,17H,1,3-4,8-9,21H2,(H,24,28)(H,25,30)(H,27,29)(H,22,23,26). The van der Waals surface area contributed by atoms with Gasteiger partial charge in [-0.15, -0.1) is 0 Å². The van der Waals surface area contributed by atoms with Crippen molar-refractivity contribution in [3.05, 3.63) is 49.3 Å². The Balaban J connectivity index is 2.03. The number of aromatic nitrogens is 2. The second-order valence-corrected chi connectivity index (χ2v) is 6.30. The molecule has 3 amide bonds. The van der Waals surface area contributed by atoms with E-state index in [0.29, 0.717) is 48.8 Å². The molecule has 0 saturated heterocycles. The number of hydrogen-bond donors (Lipinski definition) is 5. The number of benzene rings is 1. The number of carbonyl (C=O) groups is 3. The first-order chi connectivity index (χ1) is 14.5. The molecule has 1 atom stereocenters. The monoisotopic (exact) mass is 411 g/mol. The first-order valence-corrected chi connectivity index (χ1v) is 9.39. The molecule has 158 valence electrons. The lowest BCUT2D eigenvalue weighted by Crippen LogP contribution is -2.43. The molecular weight excluding hydrogens is 386 g/mol. The van der Waals surface area contributed by atoms with Crippen LogP contribution in [0.15, 0.2) is 49.3 Å². The topological polar surface area (TPSA) is 151 Å². The van der Waals surface area contributed by atoms with E-state index in [2.05, 4.69) is 37.8 Å². The number of hydrogen-bond acceptors (Lipinski definition) is 7. The Kier molecular flexibility index (Phi) is 8.94. The van der Waals surface area contributed by atoms with Gasteiger partial charge in [-0.25, -0.2) is 9.97 Å². The van der Waals surface area contributed by atoms with E-state index in [0.717, 1.165) is 12.5 Å². The summed E-state index contributed by atoms with van der Waals surface area (Å²) in [5.41, 5.74) is 7.17. The maximum absolute atomic E-state index is 12.7. The fourth-order valence-electron chi connectivity index (χ4n) is 2.56. The summed E-state index contributed by atoms with van der Waals surface area (Å²) < 4.78 is 0. The Bertz CT molecular complexity index is 871. The summed E-state index contributed by atoms with van der Waals surface area (Å²) in [5.74, 6) is -0.421. The second-order valence-electron chi connectivity index (χ2n) is 6.30. The molecule has 0 aliphatic rings. The molecule has 1 unspecified atom stereocenters. The first kappa shape index (κ1) is 22.5. The van der Waals surface area contributed by atoms with Gasteiger partial charge < -0.3 is 27.0 Å². The van der Waals surface area contributed by atoms with Crippen LogP contribution in [0.1, 0.15) is 19.3 Å². The molecule has 0 spiro atoms. The summed E-state index contributed by atoms with van der Waals surface area (Å²) in [7, 11) is 0. The van der Waals surface area contributed by atoms with Crippen LogP contribution >= 0.6 is 0 Å². The van der Waals surface area contributed by atoms with Crippen LogP contribution in [0, 0.1) is 0 Å². The van der Waals surface area contributed by atoms with E-state index in [9.17, 15) is 14.4 Å². The number of anilines is 4. The van der Waals surface area contributed by atoms with Crippen molar-refractivity contribution in [3.63, 3.8) is 0 Å². The zero-order valence-corrected chi connectivity index (χ0v) is 16.4. The summed E-state index contributed by atoms with van der Waals surface area (Å²) in [6, 6.07) is 6.29. The maximum Gasteiger partial charge on any atom is 0.246 e. The molecule has 0 saturated carbocycles. The lowest BCUT2D eigenvalue weighted by Gasteiger charge is -2.18. The zero-order valence-electron chi connectivity index (χ0n) is 16.4. The lowest BCUT2D eigenvalue weighted by molar-refractivity contribution is -0.124. The minimum atomic E-state index is -0.695. The van der Waals surface area contributed by atoms with Crippen LogP contribution in [0.5, 0.6) is 0 Å². The summed E-state index contributed by atoms with van der Waals surface area (Å²) in [6.45, 7) is 3.94. The van der Waals surface area contributed by atoms with E-state index < -0.39 is 11.9 Å². The van der Waals surface area contributed by atoms with Crippen molar-refractivity contribution >= 4 is 41.2 Å². The fourth-order valence-corrected chi connectivity index (χ4v) is 2.56. The van der Waals surface area contributed by atoms with Gasteiger partial charge in [-0.1, -0.05) is 12.6 Å². The number of nitrogens with one attached hydrogen (secondary N) is 4. The van der Waals surface area contributed by atoms with Gasteiger partial charge in [0.05, 0.1) is 18.1 Å². The van der Waals surface area contributed by atoms with E-state index in [1.54, 1.807) is 24.3 Å². The van der Waals surface area contributed by atoms with E-state index in [-0.39, 0.29) is 5.91 Å². The van der Waals surface area contributed by atoms with Crippen LogP contribution in [0.4, 0.5) is 23.0 Å². The van der Waals surface area contributed by atoms with Gasteiger partial charge in [0.15, 0.2) is 0 Å². The average molecular weight is 411 g/mol. The van der Waals surface area contributed by atoms with Crippen molar-refractivity contribution in [3.8, 4) is 0 Å². The fraction of sp³-hybridized carbons (Fsp3) is 0.250. The second kappa shape index (κ2) is 11.9. The Morgan fingerprint density at radius 2 is 1.87 bits per heavy atom. The maximum atomic E-state index is 12.7. The number of nitrogens with zero attached hydrogens (tertiary/aromatic N) is 2. The Hall–Kier alpha value is -3.79. The van der Waals surface area contributed by atoms with Crippen LogP contribution in [0.3, 0.4) is 0 Å². The first-order valence-electron chi connectivity index (χ1n) is 9.39. The minimum Gasteiger partial charge on any atom is -0.341 e. The Morgan fingerprint density at radius 3 is 2.53 bits per heavy atom. The van der Waals surface area contributed by atoms with Crippen molar-refractivity contribution < 1.29 is 14.4 Å². The van der Waals surface area contributed by atoms with E-state index >= 15 is 0 Å². The zero-order chi connectivity index (χ0) is 21.8. The molecule has 2 rings (SSSR count). The van der Waals surface area contributed by atoms with Gasteiger partial charge in [-0.3, -0.25) is 14.4 Å². The third kappa shape index (κ3) is 7.32. The number of amides is 3. The number of carbonyl (C=O) groups excluding carboxylic acids is 3. The number of unbranched alkanes of at least 4 members (excludes halogenated alkanes) is 1. The van der Waals surface area contributed by atoms with Crippen molar-refractivity contribution in [1.82, 2.24) is 15.3 Å². The molecule has 0 fully saturated rings. The van der Waals surface area contributed by atoms with Gasteiger partial charge in [-0.2, -0.15) is 0 Å². The van der Waals surface area contributed by atoms with Gasteiger partial charge in [0.25, 0.3) is 0 Å². The summed E-state index contributed by atoms with van der Waals surface area (Å²) in [4.78, 5) is 42.9. The molecule has 1 aromatic carbocycles. The highest BCUT2D eigenvalue weighted by Gasteiger charge is 2.19. The van der Waals surface area contributed by atoms with Crippen molar-refractivity contribution in [2.75, 3.05) is 22.5 Å². The molecule has 0 aliphatic carbocycles. The summed E-state index contributed by atoms with van der Waals surface area (Å²) in [5, 5.41) is 10.9. The third-order valence-corrected chi connectivity index (χ3v) is 4.03. The molecule has 0 bridgehead atoms. The van der Waals surface area contributed by atoms with Gasteiger partial charge in [0.2, 0.25) is 24.2 Å². The molecule has 1 aromatic heterocycles. The van der Waals surface area contributed by atoms with E-state index in [1.165, 1.54) is 12.4 Å². The molecule has 0 radical (unpaired) electrons. The molecule has 2 aromatic rings. The molecule has 30 heavy (non-hydrogen) atoms. The van der Waals surface area contributed by atoms with E-state index in [1.807, 2.05) is 0 Å². The molecule has 0 aliphatic heterocycles. The Labute approximate surface area is 174 Å². The van der Waals surface area contributed by atoms with Gasteiger partial charge in [0, 0.05) is 11.4 Å². The van der Waals surface area contributed by atoms with E-state index in [4.69, 9.17) is 5.73 Å². The number of rotatable bonds is 12. The van der Waals surface area contributed by atoms with Crippen LogP contribution in [-0.4, -0.2) is 40.8 Å². The molecule has 1 heterocycles. The lowest BCUT2D eigenvalue weighted by atomic mass is 10.1. The highest BCUT2D eigenvalue weighted by atomic mass is 16.2. The van der Waals surface area contributed by atoms with Crippen LogP contribution in [-0.2, 0) is 14.4 Å². The SMILES string of the molecule is C=CC(=O)NC(CCCCN)C(=O)Nc1cccc(Nc2ncc(NC=O)cn2)c1. The minimum absolute atomic E-state index is 0.327. The largest absolute Gasteiger partial charge is 0.341 e. The highest BCUT2D eigenvalue weighted by Crippen LogP contribution is 2.19. The van der Waals surface area contributed by atoms with Gasteiger partial charge >= 0.3 is 0 Å². The summed E-state index contributed by atoms with van der Waals surface area (Å²) >= 11 is 0. The molecule has 10 heteroatoms. The van der Waals surface area contributed by atoms with Crippen molar-refractivity contribution in [2.45, 2.75) is 25.3 Å². The quantitative estimate of drug-likeness (QED) is 0.202.